The average Bonchev–Trinajstić information content (AvgIpc) is 2.39. The van der Waals surface area contributed by atoms with E-state index >= 15 is 0 Å². The first-order chi connectivity index (χ1) is 8.29. The van der Waals surface area contributed by atoms with Crippen LogP contribution in [-0.4, -0.2) is 54.2 Å². The fraction of sp³-hybridized carbons (Fsp3) is 0.417. The van der Waals surface area contributed by atoms with Crippen molar-refractivity contribution >= 4 is 5.84 Å². The summed E-state index contributed by atoms with van der Waals surface area (Å²) in [7, 11) is 2.10. The molecular formula is C12H18N4O. The van der Waals surface area contributed by atoms with Gasteiger partial charge in [0.1, 0.15) is 0 Å². The predicted octanol–water partition coefficient (Wildman–Crippen LogP) is 0.574. The van der Waals surface area contributed by atoms with Crippen molar-refractivity contribution in [2.24, 2.45) is 5.10 Å². The van der Waals surface area contributed by atoms with Gasteiger partial charge in [0.25, 0.3) is 0 Å². The van der Waals surface area contributed by atoms with Gasteiger partial charge in [-0.25, -0.2) is 0 Å². The van der Waals surface area contributed by atoms with Gasteiger partial charge in [0.2, 0.25) is 0 Å². The van der Waals surface area contributed by atoms with Gasteiger partial charge in [-0.2, -0.15) is 5.10 Å². The fourth-order valence-electron chi connectivity index (χ4n) is 1.78. The molecule has 2 rings (SSSR count). The number of amidine groups is 1. The summed E-state index contributed by atoms with van der Waals surface area (Å²) in [5.74, 6) is 0.496. The van der Waals surface area contributed by atoms with Crippen molar-refractivity contribution in [3.8, 4) is 0 Å². The number of nitrogens with one attached hydrogen (secondary N) is 1. The van der Waals surface area contributed by atoms with Crippen LogP contribution in [-0.2, 0) is 0 Å². The standard InChI is InChI=1S/C12H18N4O/c1-15-7-9-16(10-8-15)13-12(14-17)11-5-3-2-4-6-11/h2-6,17H,7-10H2,1H3,(H,13,14). The van der Waals surface area contributed by atoms with Crippen LogP contribution in [0.2, 0.25) is 0 Å². The van der Waals surface area contributed by atoms with Crippen molar-refractivity contribution in [3.63, 3.8) is 0 Å². The molecule has 0 atom stereocenters. The summed E-state index contributed by atoms with van der Waals surface area (Å²) >= 11 is 0. The Balaban J connectivity index is 2.08. The van der Waals surface area contributed by atoms with E-state index in [0.29, 0.717) is 5.84 Å². The van der Waals surface area contributed by atoms with E-state index in [1.807, 2.05) is 35.3 Å². The second-order valence-electron chi connectivity index (χ2n) is 4.18. The molecule has 1 aliphatic rings. The largest absolute Gasteiger partial charge is 0.303 e. The Labute approximate surface area is 101 Å². The van der Waals surface area contributed by atoms with E-state index in [2.05, 4.69) is 22.5 Å². The number of benzene rings is 1. The molecule has 0 bridgehead atoms. The lowest BCUT2D eigenvalue weighted by Gasteiger charge is -2.30. The zero-order chi connectivity index (χ0) is 12.1. The zero-order valence-electron chi connectivity index (χ0n) is 10.0. The summed E-state index contributed by atoms with van der Waals surface area (Å²) in [5, 5.41) is 15.5. The van der Waals surface area contributed by atoms with E-state index in [-0.39, 0.29) is 0 Å². The van der Waals surface area contributed by atoms with Crippen LogP contribution in [0.3, 0.4) is 0 Å². The molecule has 2 N–H and O–H groups in total. The van der Waals surface area contributed by atoms with Crippen molar-refractivity contribution in [3.05, 3.63) is 35.9 Å². The molecule has 0 radical (unpaired) electrons. The van der Waals surface area contributed by atoms with Crippen molar-refractivity contribution < 1.29 is 5.21 Å². The van der Waals surface area contributed by atoms with E-state index in [1.54, 1.807) is 0 Å². The van der Waals surface area contributed by atoms with Crippen LogP contribution >= 0.6 is 0 Å². The topological polar surface area (TPSA) is 51.1 Å². The number of likely N-dealkylation sites (N-methyl/N-ethyl adjacent to an activating group) is 1. The molecule has 0 spiro atoms. The lowest BCUT2D eigenvalue weighted by Crippen LogP contribution is -2.43. The van der Waals surface area contributed by atoms with E-state index in [4.69, 9.17) is 5.21 Å². The molecule has 1 fully saturated rings. The molecule has 5 nitrogen and oxygen atoms in total. The first-order valence-electron chi connectivity index (χ1n) is 5.77. The molecule has 1 aliphatic heterocycles. The highest BCUT2D eigenvalue weighted by Crippen LogP contribution is 2.04. The Morgan fingerprint density at radius 1 is 1.18 bits per heavy atom. The molecular weight excluding hydrogens is 216 g/mol. The maximum atomic E-state index is 9.14. The van der Waals surface area contributed by atoms with Crippen LogP contribution in [0.4, 0.5) is 0 Å². The maximum Gasteiger partial charge on any atom is 0.176 e. The van der Waals surface area contributed by atoms with Crippen molar-refractivity contribution in [2.75, 3.05) is 33.2 Å². The normalized spacial score (nSPS) is 18.2. The van der Waals surface area contributed by atoms with Gasteiger partial charge in [-0.3, -0.25) is 15.7 Å². The van der Waals surface area contributed by atoms with E-state index < -0.39 is 0 Å². The van der Waals surface area contributed by atoms with Gasteiger partial charge in [0, 0.05) is 31.7 Å². The Hall–Kier alpha value is -1.59. The Bertz CT molecular complexity index is 371. The molecule has 1 saturated heterocycles. The molecule has 1 aromatic rings. The molecule has 1 aromatic carbocycles. The molecule has 0 amide bonds. The minimum absolute atomic E-state index is 0.496. The van der Waals surface area contributed by atoms with E-state index in [1.165, 1.54) is 0 Å². The van der Waals surface area contributed by atoms with Crippen molar-refractivity contribution in [2.45, 2.75) is 0 Å². The minimum atomic E-state index is 0.496. The number of hydrogen-bond donors (Lipinski definition) is 2. The Morgan fingerprint density at radius 2 is 1.82 bits per heavy atom. The molecule has 1 heterocycles. The number of nitrogens with zero attached hydrogens (tertiary/aromatic N) is 3. The fourth-order valence-corrected chi connectivity index (χ4v) is 1.78. The second-order valence-corrected chi connectivity index (χ2v) is 4.18. The highest BCUT2D eigenvalue weighted by atomic mass is 16.5. The van der Waals surface area contributed by atoms with Crippen molar-refractivity contribution in [1.29, 1.82) is 0 Å². The SMILES string of the molecule is CN1CCN(N=C(NO)c2ccccc2)CC1. The summed E-state index contributed by atoms with van der Waals surface area (Å²) in [6, 6.07) is 9.61. The third kappa shape index (κ3) is 3.18. The number of piperazine rings is 1. The molecule has 0 aliphatic carbocycles. The van der Waals surface area contributed by atoms with Crippen LogP contribution < -0.4 is 5.48 Å². The maximum absolute atomic E-state index is 9.14. The second kappa shape index (κ2) is 5.65. The first kappa shape index (κ1) is 11.9. The minimum Gasteiger partial charge on any atom is -0.303 e. The Kier molecular flexibility index (Phi) is 3.95. The number of hydrazone groups is 1. The molecule has 5 heteroatoms. The average molecular weight is 234 g/mol. The third-order valence-corrected chi connectivity index (χ3v) is 2.87. The molecule has 0 aromatic heterocycles. The van der Waals surface area contributed by atoms with E-state index in [0.717, 1.165) is 31.7 Å². The summed E-state index contributed by atoms with van der Waals surface area (Å²) in [6.07, 6.45) is 0. The lowest BCUT2D eigenvalue weighted by atomic mass is 10.2. The van der Waals surface area contributed by atoms with Crippen LogP contribution in [0.5, 0.6) is 0 Å². The van der Waals surface area contributed by atoms with Gasteiger partial charge in [0.05, 0.1) is 0 Å². The van der Waals surface area contributed by atoms with E-state index in [9.17, 15) is 0 Å². The summed E-state index contributed by atoms with van der Waals surface area (Å²) < 4.78 is 0. The quantitative estimate of drug-likeness (QED) is 0.446. The third-order valence-electron chi connectivity index (χ3n) is 2.87. The first-order valence-corrected chi connectivity index (χ1v) is 5.77. The van der Waals surface area contributed by atoms with Crippen molar-refractivity contribution in [1.82, 2.24) is 15.4 Å². The van der Waals surface area contributed by atoms with Gasteiger partial charge < -0.3 is 4.90 Å². The number of rotatable bonds is 2. The zero-order valence-corrected chi connectivity index (χ0v) is 10.0. The van der Waals surface area contributed by atoms with Gasteiger partial charge in [-0.15, -0.1) is 0 Å². The van der Waals surface area contributed by atoms with Crippen LogP contribution in [0.25, 0.3) is 0 Å². The lowest BCUT2D eigenvalue weighted by molar-refractivity contribution is 0.154. The van der Waals surface area contributed by atoms with Gasteiger partial charge >= 0.3 is 0 Å². The Morgan fingerprint density at radius 3 is 2.41 bits per heavy atom. The predicted molar refractivity (Wildman–Crippen MR) is 67.0 cm³/mol. The summed E-state index contributed by atoms with van der Waals surface area (Å²) in [5.41, 5.74) is 3.05. The molecule has 92 valence electrons. The molecule has 0 unspecified atom stereocenters. The summed E-state index contributed by atoms with van der Waals surface area (Å²) in [4.78, 5) is 2.26. The van der Waals surface area contributed by atoms with Gasteiger partial charge in [0.15, 0.2) is 5.84 Å². The summed E-state index contributed by atoms with van der Waals surface area (Å²) in [6.45, 7) is 3.76. The smallest absolute Gasteiger partial charge is 0.176 e. The van der Waals surface area contributed by atoms with Crippen LogP contribution in [0, 0.1) is 0 Å². The van der Waals surface area contributed by atoms with Gasteiger partial charge in [-0.05, 0) is 7.05 Å². The highest BCUT2D eigenvalue weighted by molar-refractivity contribution is 5.97. The monoisotopic (exact) mass is 234 g/mol. The molecule has 0 saturated carbocycles. The number of hydrogen-bond acceptors (Lipinski definition) is 4. The van der Waals surface area contributed by atoms with Crippen LogP contribution in [0.15, 0.2) is 35.4 Å². The number of hydroxylamine groups is 1. The molecule has 17 heavy (non-hydrogen) atoms. The van der Waals surface area contributed by atoms with Crippen LogP contribution in [0.1, 0.15) is 5.56 Å². The van der Waals surface area contributed by atoms with Gasteiger partial charge in [-0.1, -0.05) is 30.3 Å². The highest BCUT2D eigenvalue weighted by Gasteiger charge is 2.13.